The molecule has 0 radical (unpaired) electrons. The second kappa shape index (κ2) is 4.95. The zero-order chi connectivity index (χ0) is 10.6. The summed E-state index contributed by atoms with van der Waals surface area (Å²) in [5, 5.41) is 0. The number of thioether (sulfide) groups is 1. The minimum absolute atomic E-state index is 0.240. The second-order valence-corrected chi connectivity index (χ2v) is 3.68. The van der Waals surface area contributed by atoms with Crippen LogP contribution in [-0.2, 0) is 0 Å². The van der Waals surface area contributed by atoms with E-state index in [1.165, 1.54) is 12.1 Å². The van der Waals surface area contributed by atoms with Gasteiger partial charge in [0, 0.05) is 10.5 Å². The van der Waals surface area contributed by atoms with Gasteiger partial charge in [0.2, 0.25) is 12.3 Å². The Balaban J connectivity index is 2.60. The summed E-state index contributed by atoms with van der Waals surface area (Å²) in [6, 6.07) is 6.26. The largest absolute Gasteiger partial charge is 0.366 e. The van der Waals surface area contributed by atoms with Crippen molar-refractivity contribution in [1.29, 1.82) is 0 Å². The van der Waals surface area contributed by atoms with E-state index < -0.39 is 12.3 Å². The van der Waals surface area contributed by atoms with Gasteiger partial charge in [0.05, 0.1) is 5.75 Å². The van der Waals surface area contributed by atoms with Gasteiger partial charge >= 0.3 is 0 Å². The van der Waals surface area contributed by atoms with E-state index >= 15 is 0 Å². The third-order valence-corrected chi connectivity index (χ3v) is 2.54. The predicted octanol–water partition coefficient (Wildman–Crippen LogP) is 2.14. The Morgan fingerprint density at radius 3 is 2.36 bits per heavy atom. The van der Waals surface area contributed by atoms with Gasteiger partial charge in [0.15, 0.2) is 0 Å². The Hall–Kier alpha value is -1.10. The number of nitrogens with two attached hydrogens (primary N) is 1. The lowest BCUT2D eigenvalue weighted by Gasteiger charge is -2.01. The molecular formula is C9H9F2NOS. The maximum Gasteiger partial charge on any atom is 0.248 e. The van der Waals surface area contributed by atoms with Gasteiger partial charge in [-0.1, -0.05) is 0 Å². The summed E-state index contributed by atoms with van der Waals surface area (Å²) in [6.45, 7) is 0. The van der Waals surface area contributed by atoms with Gasteiger partial charge in [-0.25, -0.2) is 8.78 Å². The van der Waals surface area contributed by atoms with Gasteiger partial charge in [0.25, 0.3) is 0 Å². The lowest BCUT2D eigenvalue weighted by Crippen LogP contribution is -2.10. The number of carbonyl (C=O) groups excluding carboxylic acids is 1. The zero-order valence-corrected chi connectivity index (χ0v) is 8.06. The molecule has 1 rings (SSSR count). The molecule has 76 valence electrons. The van der Waals surface area contributed by atoms with E-state index in [4.69, 9.17) is 5.73 Å². The Bertz CT molecular complexity index is 313. The van der Waals surface area contributed by atoms with Gasteiger partial charge in [-0.3, -0.25) is 4.79 Å². The normalized spacial score (nSPS) is 10.5. The average Bonchev–Trinajstić information content (AvgIpc) is 2.15. The zero-order valence-electron chi connectivity index (χ0n) is 7.24. The molecule has 0 spiro atoms. The number of alkyl halides is 2. The van der Waals surface area contributed by atoms with E-state index in [0.717, 1.165) is 11.8 Å². The summed E-state index contributed by atoms with van der Waals surface area (Å²) >= 11 is 1.05. The number of benzene rings is 1. The van der Waals surface area contributed by atoms with E-state index in [9.17, 15) is 13.6 Å². The number of hydrogen-bond donors (Lipinski definition) is 1. The van der Waals surface area contributed by atoms with Crippen molar-refractivity contribution >= 4 is 17.7 Å². The van der Waals surface area contributed by atoms with Crippen LogP contribution in [0.1, 0.15) is 10.4 Å². The number of primary amides is 1. The molecule has 1 aromatic rings. The number of hydrogen-bond acceptors (Lipinski definition) is 2. The van der Waals surface area contributed by atoms with Crippen LogP contribution in [0.5, 0.6) is 0 Å². The van der Waals surface area contributed by atoms with Crippen LogP contribution in [0.2, 0.25) is 0 Å². The number of carbonyl (C=O) groups is 1. The van der Waals surface area contributed by atoms with Crippen LogP contribution in [0, 0.1) is 0 Å². The topological polar surface area (TPSA) is 43.1 Å². The maximum absolute atomic E-state index is 11.8. The van der Waals surface area contributed by atoms with Crippen LogP contribution in [0.15, 0.2) is 29.2 Å². The summed E-state index contributed by atoms with van der Waals surface area (Å²) in [5.41, 5.74) is 5.40. The summed E-state index contributed by atoms with van der Waals surface area (Å²) in [5.74, 6) is -0.758. The van der Waals surface area contributed by atoms with Crippen molar-refractivity contribution in [3.63, 3.8) is 0 Å². The summed E-state index contributed by atoms with van der Waals surface area (Å²) in [6.07, 6.45) is -2.32. The molecule has 5 heteroatoms. The van der Waals surface area contributed by atoms with Crippen LogP contribution < -0.4 is 5.73 Å². The first-order valence-corrected chi connectivity index (χ1v) is 4.89. The molecule has 0 atom stereocenters. The minimum Gasteiger partial charge on any atom is -0.366 e. The SMILES string of the molecule is NC(=O)c1ccc(SCC(F)F)cc1. The lowest BCUT2D eigenvalue weighted by molar-refractivity contribution is 0.1000. The van der Waals surface area contributed by atoms with E-state index in [-0.39, 0.29) is 5.75 Å². The smallest absolute Gasteiger partial charge is 0.248 e. The Labute approximate surface area is 84.5 Å². The van der Waals surface area contributed by atoms with Gasteiger partial charge in [-0.15, -0.1) is 11.8 Å². The van der Waals surface area contributed by atoms with Crippen molar-refractivity contribution in [1.82, 2.24) is 0 Å². The van der Waals surface area contributed by atoms with E-state index in [0.29, 0.717) is 10.5 Å². The molecule has 2 N–H and O–H groups in total. The van der Waals surface area contributed by atoms with Crippen LogP contribution in [-0.4, -0.2) is 18.1 Å². The van der Waals surface area contributed by atoms with Crippen molar-refractivity contribution in [2.24, 2.45) is 5.73 Å². The van der Waals surface area contributed by atoms with Crippen LogP contribution in [0.25, 0.3) is 0 Å². The molecule has 0 aromatic heterocycles. The molecule has 0 unspecified atom stereocenters. The van der Waals surface area contributed by atoms with Gasteiger partial charge in [-0.05, 0) is 24.3 Å². The fourth-order valence-electron chi connectivity index (χ4n) is 0.875. The van der Waals surface area contributed by atoms with E-state index in [1.54, 1.807) is 12.1 Å². The minimum atomic E-state index is -2.32. The van der Waals surface area contributed by atoms with Crippen molar-refractivity contribution in [2.75, 3.05) is 5.75 Å². The molecule has 0 saturated carbocycles. The third-order valence-electron chi connectivity index (χ3n) is 1.51. The standard InChI is InChI=1S/C9H9F2NOS/c10-8(11)5-14-7-3-1-6(2-4-7)9(12)13/h1-4,8H,5H2,(H2,12,13). The molecule has 0 bridgehead atoms. The molecule has 1 aromatic carbocycles. The van der Waals surface area contributed by atoms with Gasteiger partial charge in [0.1, 0.15) is 0 Å². The first-order valence-electron chi connectivity index (χ1n) is 3.90. The van der Waals surface area contributed by atoms with Crippen molar-refractivity contribution < 1.29 is 13.6 Å². The van der Waals surface area contributed by atoms with Gasteiger partial charge < -0.3 is 5.73 Å². The van der Waals surface area contributed by atoms with Gasteiger partial charge in [-0.2, -0.15) is 0 Å². The second-order valence-electron chi connectivity index (χ2n) is 2.59. The summed E-state index contributed by atoms with van der Waals surface area (Å²) in [4.78, 5) is 11.4. The summed E-state index contributed by atoms with van der Waals surface area (Å²) in [7, 11) is 0. The molecule has 0 aliphatic rings. The van der Waals surface area contributed by atoms with Crippen LogP contribution in [0.3, 0.4) is 0 Å². The lowest BCUT2D eigenvalue weighted by atomic mass is 10.2. The summed E-state index contributed by atoms with van der Waals surface area (Å²) < 4.78 is 23.7. The average molecular weight is 217 g/mol. The van der Waals surface area contributed by atoms with Crippen LogP contribution >= 0.6 is 11.8 Å². The quantitative estimate of drug-likeness (QED) is 0.785. The molecular weight excluding hydrogens is 208 g/mol. The predicted molar refractivity (Wildman–Crippen MR) is 51.7 cm³/mol. The molecule has 1 amide bonds. The molecule has 0 aliphatic carbocycles. The third kappa shape index (κ3) is 3.33. The van der Waals surface area contributed by atoms with Crippen molar-refractivity contribution in [3.05, 3.63) is 29.8 Å². The van der Waals surface area contributed by atoms with E-state index in [1.807, 2.05) is 0 Å². The molecule has 0 fully saturated rings. The fourth-order valence-corrected chi connectivity index (χ4v) is 1.52. The number of halogens is 2. The molecule has 2 nitrogen and oxygen atoms in total. The molecule has 0 aliphatic heterocycles. The number of amides is 1. The molecule has 0 heterocycles. The first kappa shape index (κ1) is 11.0. The van der Waals surface area contributed by atoms with Crippen molar-refractivity contribution in [3.8, 4) is 0 Å². The highest BCUT2D eigenvalue weighted by atomic mass is 32.2. The Kier molecular flexibility index (Phi) is 3.88. The number of rotatable bonds is 4. The Morgan fingerprint density at radius 1 is 1.36 bits per heavy atom. The van der Waals surface area contributed by atoms with Crippen molar-refractivity contribution in [2.45, 2.75) is 11.3 Å². The highest BCUT2D eigenvalue weighted by molar-refractivity contribution is 7.99. The molecule has 14 heavy (non-hydrogen) atoms. The van der Waals surface area contributed by atoms with Crippen LogP contribution in [0.4, 0.5) is 8.78 Å². The first-order chi connectivity index (χ1) is 6.59. The maximum atomic E-state index is 11.8. The highest BCUT2D eigenvalue weighted by Gasteiger charge is 2.04. The highest BCUT2D eigenvalue weighted by Crippen LogP contribution is 2.20. The molecule has 0 saturated heterocycles. The van der Waals surface area contributed by atoms with E-state index in [2.05, 4.69) is 0 Å². The Morgan fingerprint density at radius 2 is 1.93 bits per heavy atom. The monoisotopic (exact) mass is 217 g/mol. The fraction of sp³-hybridized carbons (Fsp3) is 0.222.